The van der Waals surface area contributed by atoms with Crippen molar-refractivity contribution >= 4 is 11.3 Å². The van der Waals surface area contributed by atoms with Crippen LogP contribution in [0.5, 0.6) is 0 Å². The summed E-state index contributed by atoms with van der Waals surface area (Å²) in [7, 11) is 3.68. The minimum absolute atomic E-state index is 0.177. The van der Waals surface area contributed by atoms with Crippen LogP contribution in [0, 0.1) is 12.7 Å². The number of carbonyl (C=O) groups is 1. The molecule has 0 unspecified atom stereocenters. The van der Waals surface area contributed by atoms with Gasteiger partial charge in [-0.1, -0.05) is 0 Å². The van der Waals surface area contributed by atoms with Gasteiger partial charge in [0.1, 0.15) is 11.5 Å². The van der Waals surface area contributed by atoms with Gasteiger partial charge in [-0.15, -0.1) is 5.10 Å². The van der Waals surface area contributed by atoms with E-state index in [1.807, 2.05) is 33.2 Å². The van der Waals surface area contributed by atoms with Crippen molar-refractivity contribution in [1.29, 1.82) is 0 Å². The van der Waals surface area contributed by atoms with Crippen LogP contribution in [-0.4, -0.2) is 39.6 Å². The predicted octanol–water partition coefficient (Wildman–Crippen LogP) is 3.10. The molecule has 0 spiro atoms. The van der Waals surface area contributed by atoms with Crippen LogP contribution in [0.1, 0.15) is 16.1 Å². The fourth-order valence-electron chi connectivity index (χ4n) is 2.38. The third-order valence-corrected chi connectivity index (χ3v) is 3.53. The molecule has 5 nitrogen and oxygen atoms in total. The van der Waals surface area contributed by atoms with Crippen molar-refractivity contribution in [3.05, 3.63) is 65.7 Å². The average Bonchev–Trinajstić information content (AvgIpc) is 2.91. The Hall–Kier alpha value is -3.02. The Morgan fingerprint density at radius 2 is 1.83 bits per heavy atom. The molecule has 0 saturated heterocycles. The second kappa shape index (κ2) is 6.23. The number of aryl methyl sites for hydroxylation is 1. The lowest BCUT2D eigenvalue weighted by atomic mass is 10.0. The molecule has 0 aliphatic heterocycles. The van der Waals surface area contributed by atoms with Crippen molar-refractivity contribution in [2.24, 2.45) is 0 Å². The van der Waals surface area contributed by atoms with Crippen LogP contribution in [-0.2, 0) is 0 Å². The number of carbonyl (C=O) groups excluding carboxylic acids is 1. The van der Waals surface area contributed by atoms with Gasteiger partial charge < -0.3 is 4.90 Å². The van der Waals surface area contributed by atoms with Crippen molar-refractivity contribution in [2.75, 3.05) is 14.1 Å². The maximum atomic E-state index is 13.2. The Kier molecular flexibility index (Phi) is 4.12. The Morgan fingerprint density at radius 1 is 1.12 bits per heavy atom. The maximum Gasteiger partial charge on any atom is 0.191 e. The quantitative estimate of drug-likeness (QED) is 0.546. The Bertz CT molecular complexity index is 926. The summed E-state index contributed by atoms with van der Waals surface area (Å²) < 4.78 is 14.7. The lowest BCUT2D eigenvalue weighted by Gasteiger charge is -2.03. The summed E-state index contributed by atoms with van der Waals surface area (Å²) in [6, 6.07) is 9.56. The zero-order valence-electron chi connectivity index (χ0n) is 13.7. The minimum Gasteiger partial charge on any atom is -0.383 e. The van der Waals surface area contributed by atoms with Crippen LogP contribution in [0.25, 0.3) is 16.8 Å². The Labute approximate surface area is 139 Å². The lowest BCUT2D eigenvalue weighted by molar-refractivity contribution is 0.104. The van der Waals surface area contributed by atoms with Gasteiger partial charge in [0.05, 0.1) is 16.8 Å². The van der Waals surface area contributed by atoms with Crippen molar-refractivity contribution in [3.63, 3.8) is 0 Å². The van der Waals surface area contributed by atoms with E-state index >= 15 is 0 Å². The van der Waals surface area contributed by atoms with Gasteiger partial charge in [-0.3, -0.25) is 4.79 Å². The summed E-state index contributed by atoms with van der Waals surface area (Å²) in [5.74, 6) is -0.513. The van der Waals surface area contributed by atoms with Gasteiger partial charge in [0.15, 0.2) is 5.78 Å². The highest BCUT2D eigenvalue weighted by atomic mass is 19.1. The summed E-state index contributed by atoms with van der Waals surface area (Å²) >= 11 is 0. The highest BCUT2D eigenvalue weighted by molar-refractivity contribution is 6.13. The number of allylic oxidation sites excluding steroid dienone is 1. The van der Waals surface area contributed by atoms with Gasteiger partial charge >= 0.3 is 0 Å². The van der Waals surface area contributed by atoms with Crippen molar-refractivity contribution < 1.29 is 9.18 Å². The third kappa shape index (κ3) is 3.03. The van der Waals surface area contributed by atoms with E-state index in [1.165, 1.54) is 22.8 Å². The standard InChI is InChI=1S/C18H17FN4O/c1-12-4-9-15-17(16(24)10-11-22(2)3)18(21-23(15)20-12)13-5-7-14(19)8-6-13/h4-11H,1-3H3. The van der Waals surface area contributed by atoms with Gasteiger partial charge in [0.2, 0.25) is 0 Å². The molecular formula is C18H17FN4O. The van der Waals surface area contributed by atoms with Gasteiger partial charge in [-0.05, 0) is 43.3 Å². The molecule has 0 N–H and O–H groups in total. The second-order valence-corrected chi connectivity index (χ2v) is 5.72. The van der Waals surface area contributed by atoms with Crippen LogP contribution in [0.2, 0.25) is 0 Å². The molecule has 0 fully saturated rings. The smallest absolute Gasteiger partial charge is 0.191 e. The topological polar surface area (TPSA) is 50.5 Å². The molecule has 0 amide bonds. The first-order chi connectivity index (χ1) is 11.5. The van der Waals surface area contributed by atoms with E-state index in [9.17, 15) is 9.18 Å². The number of hydrogen-bond acceptors (Lipinski definition) is 4. The molecule has 0 radical (unpaired) electrons. The normalized spacial score (nSPS) is 11.3. The molecule has 3 rings (SSSR count). The largest absolute Gasteiger partial charge is 0.383 e. The van der Waals surface area contributed by atoms with Crippen LogP contribution in [0.3, 0.4) is 0 Å². The monoisotopic (exact) mass is 324 g/mol. The van der Waals surface area contributed by atoms with E-state index in [0.29, 0.717) is 22.3 Å². The van der Waals surface area contributed by atoms with E-state index < -0.39 is 0 Å². The van der Waals surface area contributed by atoms with Crippen LogP contribution >= 0.6 is 0 Å². The number of rotatable bonds is 4. The summed E-state index contributed by atoms with van der Waals surface area (Å²) in [6.45, 7) is 1.85. The van der Waals surface area contributed by atoms with E-state index in [4.69, 9.17) is 0 Å². The van der Waals surface area contributed by atoms with E-state index in [2.05, 4.69) is 10.2 Å². The van der Waals surface area contributed by atoms with Crippen molar-refractivity contribution in [2.45, 2.75) is 6.92 Å². The molecule has 24 heavy (non-hydrogen) atoms. The molecule has 0 atom stereocenters. The predicted molar refractivity (Wildman–Crippen MR) is 90.3 cm³/mol. The van der Waals surface area contributed by atoms with E-state index in [1.54, 1.807) is 23.2 Å². The molecule has 6 heteroatoms. The first-order valence-corrected chi connectivity index (χ1v) is 7.47. The van der Waals surface area contributed by atoms with Crippen LogP contribution in [0.4, 0.5) is 4.39 Å². The SMILES string of the molecule is Cc1ccc2c(C(=O)C=CN(C)C)c(-c3ccc(F)cc3)nn2n1. The number of aromatic nitrogens is 3. The van der Waals surface area contributed by atoms with Crippen molar-refractivity contribution in [3.8, 4) is 11.3 Å². The summed E-state index contributed by atoms with van der Waals surface area (Å²) in [6.07, 6.45) is 3.17. The van der Waals surface area contributed by atoms with Gasteiger partial charge in [-0.25, -0.2) is 4.39 Å². The van der Waals surface area contributed by atoms with Gasteiger partial charge in [0.25, 0.3) is 0 Å². The molecule has 2 aromatic heterocycles. The number of nitrogens with zero attached hydrogens (tertiary/aromatic N) is 4. The second-order valence-electron chi connectivity index (χ2n) is 5.72. The van der Waals surface area contributed by atoms with Crippen molar-refractivity contribution in [1.82, 2.24) is 19.7 Å². The molecule has 0 bridgehead atoms. The molecule has 122 valence electrons. The maximum absolute atomic E-state index is 13.2. The molecular weight excluding hydrogens is 307 g/mol. The average molecular weight is 324 g/mol. The van der Waals surface area contributed by atoms with Gasteiger partial charge in [-0.2, -0.15) is 9.73 Å². The molecule has 0 aliphatic rings. The zero-order chi connectivity index (χ0) is 17.3. The first kappa shape index (κ1) is 15.9. The number of halogens is 1. The molecule has 3 aromatic rings. The van der Waals surface area contributed by atoms with E-state index in [-0.39, 0.29) is 11.6 Å². The Balaban J connectivity index is 2.21. The summed E-state index contributed by atoms with van der Waals surface area (Å²) in [5.41, 5.74) is 3.02. The number of hydrogen-bond donors (Lipinski definition) is 0. The summed E-state index contributed by atoms with van der Waals surface area (Å²) in [5, 5.41) is 8.76. The first-order valence-electron chi connectivity index (χ1n) is 7.47. The third-order valence-electron chi connectivity index (χ3n) is 3.53. The summed E-state index contributed by atoms with van der Waals surface area (Å²) in [4.78, 5) is 14.5. The molecule has 0 saturated carbocycles. The van der Waals surface area contributed by atoms with Crippen LogP contribution < -0.4 is 0 Å². The molecule has 2 heterocycles. The molecule has 0 aliphatic carbocycles. The minimum atomic E-state index is -0.336. The number of ketones is 1. The molecule has 1 aromatic carbocycles. The number of benzene rings is 1. The number of fused-ring (bicyclic) bond motifs is 1. The Morgan fingerprint density at radius 3 is 2.50 bits per heavy atom. The van der Waals surface area contributed by atoms with E-state index in [0.717, 1.165) is 5.69 Å². The fourth-order valence-corrected chi connectivity index (χ4v) is 2.38. The lowest BCUT2D eigenvalue weighted by Crippen LogP contribution is -2.04. The zero-order valence-corrected chi connectivity index (χ0v) is 13.7. The van der Waals surface area contributed by atoms with Gasteiger partial charge in [0, 0.05) is 31.9 Å². The highest BCUT2D eigenvalue weighted by Gasteiger charge is 2.20. The van der Waals surface area contributed by atoms with Crippen LogP contribution in [0.15, 0.2) is 48.7 Å². The fraction of sp³-hybridized carbons (Fsp3) is 0.167. The highest BCUT2D eigenvalue weighted by Crippen LogP contribution is 2.27.